The van der Waals surface area contributed by atoms with Gasteiger partial charge in [0.1, 0.15) is 0 Å². The van der Waals surface area contributed by atoms with Crippen molar-refractivity contribution >= 4 is 16.0 Å². The summed E-state index contributed by atoms with van der Waals surface area (Å²) in [7, 11) is -4.41. The van der Waals surface area contributed by atoms with Crippen molar-refractivity contribution in [2.45, 2.75) is 24.4 Å². The van der Waals surface area contributed by atoms with Crippen molar-refractivity contribution in [1.82, 2.24) is 4.31 Å². The molecule has 0 spiro atoms. The number of carboxylic acids is 1. The zero-order chi connectivity index (χ0) is 16.8. The van der Waals surface area contributed by atoms with Crippen LogP contribution in [0.5, 0.6) is 0 Å². The molecule has 1 aromatic rings. The maximum atomic E-state index is 13.0. The summed E-state index contributed by atoms with van der Waals surface area (Å²) in [6.07, 6.45) is -4.75. The first kappa shape index (κ1) is 16.8. The van der Waals surface area contributed by atoms with E-state index in [0.29, 0.717) is 6.07 Å². The number of carboxylic acid groups (broad SMARTS) is 1. The molecular formula is C13H14F3NO4S. The molecule has 1 aliphatic heterocycles. The van der Waals surface area contributed by atoms with Gasteiger partial charge in [0.15, 0.2) is 0 Å². The molecule has 22 heavy (non-hydrogen) atoms. The van der Waals surface area contributed by atoms with Gasteiger partial charge in [-0.25, -0.2) is 8.42 Å². The molecule has 0 amide bonds. The Morgan fingerprint density at radius 1 is 1.32 bits per heavy atom. The Kier molecular flexibility index (Phi) is 3.99. The Balaban J connectivity index is 2.44. The average molecular weight is 337 g/mol. The van der Waals surface area contributed by atoms with Gasteiger partial charge in [0.2, 0.25) is 10.0 Å². The van der Waals surface area contributed by atoms with Crippen LogP contribution in [-0.2, 0) is 21.0 Å². The number of rotatable bonds is 3. The molecule has 1 saturated heterocycles. The van der Waals surface area contributed by atoms with Gasteiger partial charge in [-0.05, 0) is 25.5 Å². The van der Waals surface area contributed by atoms with Crippen LogP contribution in [0.15, 0.2) is 29.2 Å². The fraction of sp³-hybridized carbons (Fsp3) is 0.462. The van der Waals surface area contributed by atoms with E-state index in [0.717, 1.165) is 16.4 Å². The average Bonchev–Trinajstić information content (AvgIpc) is 2.83. The second-order valence-electron chi connectivity index (χ2n) is 5.45. The van der Waals surface area contributed by atoms with Gasteiger partial charge >= 0.3 is 12.1 Å². The van der Waals surface area contributed by atoms with Crippen LogP contribution in [0.1, 0.15) is 18.9 Å². The molecule has 0 bridgehead atoms. The van der Waals surface area contributed by atoms with Gasteiger partial charge in [-0.1, -0.05) is 12.1 Å². The van der Waals surface area contributed by atoms with E-state index in [-0.39, 0.29) is 19.5 Å². The quantitative estimate of drug-likeness (QED) is 0.917. The molecule has 1 N–H and O–H groups in total. The molecule has 5 nitrogen and oxygen atoms in total. The summed E-state index contributed by atoms with van der Waals surface area (Å²) in [6.45, 7) is 0.898. The van der Waals surface area contributed by atoms with Crippen LogP contribution in [0.25, 0.3) is 0 Å². The van der Waals surface area contributed by atoms with E-state index in [1.165, 1.54) is 13.0 Å². The number of sulfonamides is 1. The molecular weight excluding hydrogens is 323 g/mol. The van der Waals surface area contributed by atoms with Crippen LogP contribution in [0.2, 0.25) is 0 Å². The second kappa shape index (κ2) is 5.24. The zero-order valence-electron chi connectivity index (χ0n) is 11.6. The molecule has 0 aliphatic carbocycles. The van der Waals surface area contributed by atoms with Crippen molar-refractivity contribution < 1.29 is 31.5 Å². The molecule has 2 rings (SSSR count). The predicted molar refractivity (Wildman–Crippen MR) is 70.6 cm³/mol. The highest BCUT2D eigenvalue weighted by Gasteiger charge is 2.46. The van der Waals surface area contributed by atoms with E-state index in [4.69, 9.17) is 5.11 Å². The summed E-state index contributed by atoms with van der Waals surface area (Å²) in [5.41, 5.74) is -2.54. The Morgan fingerprint density at radius 2 is 1.91 bits per heavy atom. The van der Waals surface area contributed by atoms with Crippen molar-refractivity contribution in [2.24, 2.45) is 5.41 Å². The molecule has 0 saturated carbocycles. The lowest BCUT2D eigenvalue weighted by molar-refractivity contribution is -0.147. The van der Waals surface area contributed by atoms with Crippen LogP contribution in [0.3, 0.4) is 0 Å². The van der Waals surface area contributed by atoms with Crippen LogP contribution >= 0.6 is 0 Å². The lowest BCUT2D eigenvalue weighted by atomic mass is 9.90. The lowest BCUT2D eigenvalue weighted by Gasteiger charge is -2.21. The van der Waals surface area contributed by atoms with Crippen molar-refractivity contribution in [3.8, 4) is 0 Å². The highest BCUT2D eigenvalue weighted by atomic mass is 32.2. The summed E-state index contributed by atoms with van der Waals surface area (Å²) in [6, 6.07) is 3.88. The number of halogens is 3. The van der Waals surface area contributed by atoms with Gasteiger partial charge in [-0.15, -0.1) is 0 Å². The summed E-state index contributed by atoms with van der Waals surface area (Å²) in [5.74, 6) is -1.17. The van der Waals surface area contributed by atoms with Gasteiger partial charge in [0, 0.05) is 13.1 Å². The number of hydrogen-bond donors (Lipinski definition) is 1. The number of alkyl halides is 3. The monoisotopic (exact) mass is 337 g/mol. The van der Waals surface area contributed by atoms with Gasteiger partial charge in [-0.3, -0.25) is 4.79 Å². The van der Waals surface area contributed by atoms with E-state index in [1.807, 2.05) is 0 Å². The summed E-state index contributed by atoms with van der Waals surface area (Å²) < 4.78 is 64.6. The molecule has 1 fully saturated rings. The lowest BCUT2D eigenvalue weighted by Crippen LogP contribution is -2.35. The molecule has 1 heterocycles. The second-order valence-corrected chi connectivity index (χ2v) is 7.35. The largest absolute Gasteiger partial charge is 0.481 e. The Hall–Kier alpha value is -1.61. The molecule has 0 aromatic heterocycles. The van der Waals surface area contributed by atoms with Gasteiger partial charge in [0.25, 0.3) is 0 Å². The zero-order valence-corrected chi connectivity index (χ0v) is 12.4. The minimum atomic E-state index is -4.81. The third kappa shape index (κ3) is 2.82. The van der Waals surface area contributed by atoms with Gasteiger partial charge in [0.05, 0.1) is 15.9 Å². The van der Waals surface area contributed by atoms with Crippen LogP contribution < -0.4 is 0 Å². The van der Waals surface area contributed by atoms with E-state index >= 15 is 0 Å². The van der Waals surface area contributed by atoms with Crippen molar-refractivity contribution in [3.63, 3.8) is 0 Å². The van der Waals surface area contributed by atoms with E-state index in [2.05, 4.69) is 0 Å². The highest BCUT2D eigenvalue weighted by Crippen LogP contribution is 2.38. The Morgan fingerprint density at radius 3 is 2.41 bits per heavy atom. The van der Waals surface area contributed by atoms with E-state index in [9.17, 15) is 26.4 Å². The summed E-state index contributed by atoms with van der Waals surface area (Å²) in [5, 5.41) is 9.11. The summed E-state index contributed by atoms with van der Waals surface area (Å²) in [4.78, 5) is 10.3. The highest BCUT2D eigenvalue weighted by molar-refractivity contribution is 7.89. The van der Waals surface area contributed by atoms with Crippen molar-refractivity contribution in [2.75, 3.05) is 13.1 Å². The van der Waals surface area contributed by atoms with Crippen LogP contribution in [0, 0.1) is 5.41 Å². The third-order valence-corrected chi connectivity index (χ3v) is 5.67. The van der Waals surface area contributed by atoms with E-state index in [1.54, 1.807) is 0 Å². The molecule has 122 valence electrons. The first-order valence-electron chi connectivity index (χ1n) is 6.38. The first-order chi connectivity index (χ1) is 9.98. The van der Waals surface area contributed by atoms with Crippen molar-refractivity contribution in [3.05, 3.63) is 29.8 Å². The number of nitrogens with zero attached hydrogens (tertiary/aromatic N) is 1. The maximum absolute atomic E-state index is 13.0. The molecule has 9 heteroatoms. The Bertz CT molecular complexity index is 701. The minimum Gasteiger partial charge on any atom is -0.481 e. The fourth-order valence-corrected chi connectivity index (χ4v) is 4.14. The van der Waals surface area contributed by atoms with Crippen LogP contribution in [-0.4, -0.2) is 36.9 Å². The van der Waals surface area contributed by atoms with E-state index < -0.39 is 38.0 Å². The molecule has 0 radical (unpaired) electrons. The van der Waals surface area contributed by atoms with Gasteiger partial charge in [-0.2, -0.15) is 17.5 Å². The maximum Gasteiger partial charge on any atom is 0.417 e. The standard InChI is InChI=1S/C13H14F3NO4S/c1-12(11(18)19)6-7-17(8-12)22(20,21)10-5-3-2-4-9(10)13(14,15)16/h2-5H,6-8H2,1H3,(H,18,19). The number of hydrogen-bond acceptors (Lipinski definition) is 3. The molecule has 1 atom stereocenters. The van der Waals surface area contributed by atoms with Crippen molar-refractivity contribution in [1.29, 1.82) is 0 Å². The van der Waals surface area contributed by atoms with Gasteiger partial charge < -0.3 is 5.11 Å². The molecule has 1 aromatic carbocycles. The Labute approximate surface area is 125 Å². The SMILES string of the molecule is CC1(C(=O)O)CCN(S(=O)(=O)c2ccccc2C(F)(F)F)C1. The van der Waals surface area contributed by atoms with Crippen LogP contribution in [0.4, 0.5) is 13.2 Å². The predicted octanol–water partition coefficient (Wildman–Crippen LogP) is 2.19. The topological polar surface area (TPSA) is 74.7 Å². The summed E-state index contributed by atoms with van der Waals surface area (Å²) >= 11 is 0. The normalized spacial score (nSPS) is 23.6. The third-order valence-electron chi connectivity index (χ3n) is 3.76. The number of carbonyl (C=O) groups is 1. The first-order valence-corrected chi connectivity index (χ1v) is 7.82. The molecule has 1 aliphatic rings. The molecule has 1 unspecified atom stereocenters. The number of aliphatic carboxylic acids is 1. The number of benzene rings is 1. The minimum absolute atomic E-state index is 0.0513. The smallest absolute Gasteiger partial charge is 0.417 e. The fourth-order valence-electron chi connectivity index (χ4n) is 2.36.